The van der Waals surface area contributed by atoms with Gasteiger partial charge in [-0.05, 0) is 65.9 Å². The third-order valence-electron chi connectivity index (χ3n) is 6.97. The van der Waals surface area contributed by atoms with Crippen LogP contribution in [-0.2, 0) is 35.3 Å². The van der Waals surface area contributed by atoms with Gasteiger partial charge in [0.05, 0.1) is 23.5 Å². The number of nitrogens with one attached hydrogen (secondary N) is 2. The number of aromatic nitrogens is 2. The van der Waals surface area contributed by atoms with Crippen LogP contribution in [0.2, 0.25) is 5.02 Å². The van der Waals surface area contributed by atoms with Crippen molar-refractivity contribution in [2.75, 3.05) is 10.6 Å². The van der Waals surface area contributed by atoms with E-state index in [0.29, 0.717) is 34.2 Å². The summed E-state index contributed by atoms with van der Waals surface area (Å²) in [5.41, 5.74) is 7.92. The third kappa shape index (κ3) is 6.26. The summed E-state index contributed by atoms with van der Waals surface area (Å²) in [7, 11) is 0. The molecule has 1 atom stereocenters. The van der Waals surface area contributed by atoms with Crippen molar-refractivity contribution in [1.82, 2.24) is 9.97 Å². The first kappa shape index (κ1) is 27.2. The molecule has 1 unspecified atom stereocenters. The average molecular weight is 552 g/mol. The van der Waals surface area contributed by atoms with Crippen LogP contribution < -0.4 is 10.6 Å². The number of aryl methyl sites for hydroxylation is 2. The number of carbonyl (C=O) groups excluding carboxylic acids is 2. The smallest absolute Gasteiger partial charge is 0.249 e. The van der Waals surface area contributed by atoms with Crippen molar-refractivity contribution < 1.29 is 9.59 Å². The third-order valence-corrected chi connectivity index (χ3v) is 7.21. The van der Waals surface area contributed by atoms with Crippen molar-refractivity contribution >= 4 is 40.5 Å². The fourth-order valence-electron chi connectivity index (χ4n) is 4.90. The maximum atomic E-state index is 13.4. The van der Waals surface area contributed by atoms with Crippen molar-refractivity contribution in [3.05, 3.63) is 118 Å². The van der Waals surface area contributed by atoms with Crippen LogP contribution in [-0.4, -0.2) is 33.5 Å². The van der Waals surface area contributed by atoms with Gasteiger partial charge in [0.1, 0.15) is 12.4 Å². The Morgan fingerprint density at radius 2 is 1.77 bits per heavy atom. The highest BCUT2D eigenvalue weighted by Crippen LogP contribution is 2.29. The first-order valence-electron chi connectivity index (χ1n) is 13.4. The topological polar surface area (TPSA) is 96.3 Å². The van der Waals surface area contributed by atoms with Gasteiger partial charge < -0.3 is 10.6 Å². The van der Waals surface area contributed by atoms with Crippen molar-refractivity contribution in [3.8, 4) is 0 Å². The molecule has 5 rings (SSSR count). The predicted octanol–water partition coefficient (Wildman–Crippen LogP) is 5.84. The van der Waals surface area contributed by atoms with Crippen molar-refractivity contribution in [3.63, 3.8) is 0 Å². The van der Waals surface area contributed by atoms with Crippen molar-refractivity contribution in [2.45, 2.75) is 45.6 Å². The summed E-state index contributed by atoms with van der Waals surface area (Å²) in [4.78, 5) is 38.8. The van der Waals surface area contributed by atoms with Gasteiger partial charge in [-0.25, -0.2) is 9.97 Å². The Bertz CT molecular complexity index is 1570. The van der Waals surface area contributed by atoms with E-state index < -0.39 is 6.04 Å². The van der Waals surface area contributed by atoms with Crippen LogP contribution in [0, 0.1) is 0 Å². The Labute approximate surface area is 238 Å². The normalized spacial score (nSPS) is 14.5. The molecule has 2 heterocycles. The van der Waals surface area contributed by atoms with Gasteiger partial charge in [-0.2, -0.15) is 0 Å². The molecule has 0 bridgehead atoms. The number of carbonyl (C=O) groups is 2. The van der Waals surface area contributed by atoms with E-state index in [4.69, 9.17) is 16.6 Å². The summed E-state index contributed by atoms with van der Waals surface area (Å²) in [5, 5.41) is 6.47. The summed E-state index contributed by atoms with van der Waals surface area (Å²) in [6.07, 6.45) is 5.58. The molecular weight excluding hydrogens is 522 g/mol. The molecular formula is C32H30ClN5O2. The van der Waals surface area contributed by atoms with Gasteiger partial charge in [0.15, 0.2) is 0 Å². The van der Waals surface area contributed by atoms with E-state index >= 15 is 0 Å². The molecule has 0 fully saturated rings. The summed E-state index contributed by atoms with van der Waals surface area (Å²) >= 11 is 6.29. The Morgan fingerprint density at radius 3 is 2.50 bits per heavy atom. The number of benzene rings is 3. The van der Waals surface area contributed by atoms with E-state index in [1.54, 1.807) is 24.4 Å². The van der Waals surface area contributed by atoms with Crippen LogP contribution in [0.1, 0.15) is 47.4 Å². The van der Waals surface area contributed by atoms with E-state index in [-0.39, 0.29) is 18.2 Å². The number of hydrogen-bond donors (Lipinski definition) is 2. The zero-order valence-corrected chi connectivity index (χ0v) is 23.2. The molecule has 2 amide bonds. The number of hydrogen-bond acceptors (Lipinski definition) is 5. The lowest BCUT2D eigenvalue weighted by Crippen LogP contribution is -2.27. The Morgan fingerprint density at radius 1 is 0.975 bits per heavy atom. The van der Waals surface area contributed by atoms with Crippen LogP contribution in [0.3, 0.4) is 0 Å². The molecule has 202 valence electrons. The molecule has 40 heavy (non-hydrogen) atoms. The highest BCUT2D eigenvalue weighted by molar-refractivity contribution is 6.31. The van der Waals surface area contributed by atoms with E-state index in [1.165, 1.54) is 17.5 Å². The maximum Gasteiger partial charge on any atom is 0.249 e. The summed E-state index contributed by atoms with van der Waals surface area (Å²) in [6, 6.07) is 20.4. The standard InChI is InChI=1S/C32H30ClN5O2/c1-3-21-6-5-20(15-22(21)4-2)16-29-32(40)38-28-17-24(33)9-12-27(28)31(37-29)23-7-10-25(11-8-23)36-30(39)18-26-13-14-34-19-35-26/h5-15,17,19,29H,3-4,16,18H2,1-2H3,(H,36,39)(H,38,40). The Balaban J connectivity index is 1.44. The number of rotatable bonds is 8. The lowest BCUT2D eigenvalue weighted by atomic mass is 9.96. The van der Waals surface area contributed by atoms with E-state index in [1.807, 2.05) is 30.3 Å². The lowest BCUT2D eigenvalue weighted by molar-refractivity contribution is -0.117. The lowest BCUT2D eigenvalue weighted by Gasteiger charge is -2.14. The second-order valence-electron chi connectivity index (χ2n) is 9.69. The van der Waals surface area contributed by atoms with Crippen LogP contribution >= 0.6 is 11.6 Å². The van der Waals surface area contributed by atoms with E-state index in [0.717, 1.165) is 29.5 Å². The number of aliphatic imine (C=N–C) groups is 1. The van der Waals surface area contributed by atoms with Gasteiger partial charge in [0.2, 0.25) is 11.8 Å². The molecule has 0 saturated heterocycles. The summed E-state index contributed by atoms with van der Waals surface area (Å²) in [6.45, 7) is 4.30. The van der Waals surface area contributed by atoms with Gasteiger partial charge in [-0.15, -0.1) is 0 Å². The second-order valence-corrected chi connectivity index (χ2v) is 10.1. The van der Waals surface area contributed by atoms with E-state index in [2.05, 4.69) is 52.6 Å². The second kappa shape index (κ2) is 12.2. The molecule has 0 aliphatic carbocycles. The molecule has 2 N–H and O–H groups in total. The number of amides is 2. The maximum absolute atomic E-state index is 13.4. The number of benzodiazepines with no additional fused rings is 1. The highest BCUT2D eigenvalue weighted by Gasteiger charge is 2.26. The van der Waals surface area contributed by atoms with Gasteiger partial charge in [-0.3, -0.25) is 14.6 Å². The first-order valence-corrected chi connectivity index (χ1v) is 13.8. The zero-order valence-electron chi connectivity index (χ0n) is 22.4. The summed E-state index contributed by atoms with van der Waals surface area (Å²) in [5.74, 6) is -0.349. The van der Waals surface area contributed by atoms with Gasteiger partial charge in [0.25, 0.3) is 0 Å². The number of fused-ring (bicyclic) bond motifs is 1. The summed E-state index contributed by atoms with van der Waals surface area (Å²) < 4.78 is 0. The van der Waals surface area contributed by atoms with Crippen LogP contribution in [0.15, 0.2) is 84.2 Å². The molecule has 1 aliphatic rings. The minimum absolute atomic E-state index is 0.152. The van der Waals surface area contributed by atoms with Crippen molar-refractivity contribution in [2.24, 2.45) is 4.99 Å². The minimum Gasteiger partial charge on any atom is -0.326 e. The van der Waals surface area contributed by atoms with Gasteiger partial charge in [0, 0.05) is 34.5 Å². The van der Waals surface area contributed by atoms with Gasteiger partial charge >= 0.3 is 0 Å². The quantitative estimate of drug-likeness (QED) is 0.288. The van der Waals surface area contributed by atoms with Crippen molar-refractivity contribution in [1.29, 1.82) is 0 Å². The number of anilines is 2. The molecule has 7 nitrogen and oxygen atoms in total. The molecule has 0 saturated carbocycles. The molecule has 0 radical (unpaired) electrons. The monoisotopic (exact) mass is 551 g/mol. The molecule has 4 aromatic rings. The van der Waals surface area contributed by atoms with E-state index in [9.17, 15) is 9.59 Å². The van der Waals surface area contributed by atoms with Crippen LogP contribution in [0.5, 0.6) is 0 Å². The number of nitrogens with zero attached hydrogens (tertiary/aromatic N) is 3. The molecule has 1 aliphatic heterocycles. The molecule has 0 spiro atoms. The molecule has 1 aromatic heterocycles. The molecule has 8 heteroatoms. The first-order chi connectivity index (χ1) is 19.4. The predicted molar refractivity (Wildman–Crippen MR) is 159 cm³/mol. The average Bonchev–Trinajstić information content (AvgIpc) is 3.09. The zero-order chi connectivity index (χ0) is 28.1. The highest BCUT2D eigenvalue weighted by atomic mass is 35.5. The SMILES string of the molecule is CCc1ccc(CC2N=C(c3ccc(NC(=O)Cc4ccncn4)cc3)c3ccc(Cl)cc3NC2=O)cc1CC. The van der Waals surface area contributed by atoms with Crippen LogP contribution in [0.25, 0.3) is 0 Å². The fourth-order valence-corrected chi connectivity index (χ4v) is 5.07. The minimum atomic E-state index is -0.620. The Kier molecular flexibility index (Phi) is 8.31. The Hall–Kier alpha value is -4.36. The largest absolute Gasteiger partial charge is 0.326 e. The fraction of sp³-hybridized carbons (Fsp3) is 0.219. The molecule has 3 aromatic carbocycles. The number of halogens is 1. The van der Waals surface area contributed by atoms with Gasteiger partial charge in [-0.1, -0.05) is 55.8 Å². The van der Waals surface area contributed by atoms with Crippen LogP contribution in [0.4, 0.5) is 11.4 Å².